The zero-order chi connectivity index (χ0) is 17.2. The van der Waals surface area contributed by atoms with E-state index in [0.29, 0.717) is 0 Å². The van der Waals surface area contributed by atoms with Gasteiger partial charge in [0.2, 0.25) is 0 Å². The molecule has 0 bridgehead atoms. The maximum Gasteiger partial charge on any atom is 0.321 e. The van der Waals surface area contributed by atoms with Gasteiger partial charge in [-0.25, -0.2) is 0 Å². The molecule has 0 aliphatic carbocycles. The van der Waals surface area contributed by atoms with Crippen molar-refractivity contribution in [3.8, 4) is 0 Å². The smallest absolute Gasteiger partial charge is 0.321 e. The number of hydrogen-bond acceptors (Lipinski definition) is 4. The Balaban J connectivity index is 2.32. The first kappa shape index (κ1) is 17.8. The van der Waals surface area contributed by atoms with Crippen molar-refractivity contribution in [2.45, 2.75) is 32.8 Å². The molecular weight excluding hydrogens is 409 g/mol. The summed E-state index contributed by atoms with van der Waals surface area (Å²) in [4.78, 5) is 27.6. The second kappa shape index (κ2) is 6.90. The van der Waals surface area contributed by atoms with Gasteiger partial charge in [-0.3, -0.25) is 9.59 Å². The third-order valence-electron chi connectivity index (χ3n) is 3.35. The Morgan fingerprint density at radius 3 is 2.57 bits per heavy atom. The average Bonchev–Trinajstić information content (AvgIpc) is 2.86. The fourth-order valence-electron chi connectivity index (χ4n) is 2.34. The second-order valence-corrected chi connectivity index (χ2v) is 7.45. The fraction of sp³-hybridized carbons (Fsp3) is 0.412. The number of carbonyl (C=O) groups is 2. The molecule has 1 aromatic carbocycles. The minimum absolute atomic E-state index is 0.238. The summed E-state index contributed by atoms with van der Waals surface area (Å²) in [6.07, 6.45) is 2.06. The Labute approximate surface area is 148 Å². The molecule has 23 heavy (non-hydrogen) atoms. The Morgan fingerprint density at radius 2 is 1.96 bits per heavy atom. The molecule has 0 radical (unpaired) electrons. The molecule has 0 saturated heterocycles. The summed E-state index contributed by atoms with van der Waals surface area (Å²) >= 11 is 2.24. The molecule has 1 aromatic heterocycles. The van der Waals surface area contributed by atoms with Crippen molar-refractivity contribution in [3.63, 3.8) is 0 Å². The molecule has 0 fully saturated rings. The van der Waals surface area contributed by atoms with Crippen LogP contribution in [0.15, 0.2) is 24.4 Å². The van der Waals surface area contributed by atoms with E-state index >= 15 is 0 Å². The van der Waals surface area contributed by atoms with Gasteiger partial charge in [-0.15, -0.1) is 0 Å². The highest BCUT2D eigenvalue weighted by Crippen LogP contribution is 2.26. The minimum Gasteiger partial charge on any atom is -0.468 e. The van der Waals surface area contributed by atoms with Crippen molar-refractivity contribution in [1.29, 1.82) is 0 Å². The Kier molecular flexibility index (Phi) is 5.33. The van der Waals surface area contributed by atoms with Gasteiger partial charge in [-0.05, 0) is 61.4 Å². The van der Waals surface area contributed by atoms with E-state index in [1.54, 1.807) is 20.8 Å². The third-order valence-corrected chi connectivity index (χ3v) is 4.25. The first-order chi connectivity index (χ1) is 10.7. The summed E-state index contributed by atoms with van der Waals surface area (Å²) < 4.78 is 11.2. The number of ether oxygens (including phenoxy) is 2. The SMILES string of the molecule is COC(=O)[C@@H](Cc1c[nH]c2c(I)cccc12)C(=O)OC(C)(C)C. The van der Waals surface area contributed by atoms with Crippen LogP contribution in [-0.4, -0.2) is 29.6 Å². The van der Waals surface area contributed by atoms with Crippen LogP contribution in [0.3, 0.4) is 0 Å². The number of hydrogen-bond donors (Lipinski definition) is 1. The molecule has 0 unspecified atom stereocenters. The summed E-state index contributed by atoms with van der Waals surface area (Å²) in [5, 5.41) is 0.995. The molecule has 2 aromatic rings. The molecule has 0 saturated carbocycles. The lowest BCUT2D eigenvalue weighted by Gasteiger charge is -2.22. The quantitative estimate of drug-likeness (QED) is 0.460. The van der Waals surface area contributed by atoms with Crippen LogP contribution in [0.4, 0.5) is 0 Å². The highest BCUT2D eigenvalue weighted by Gasteiger charge is 2.33. The Bertz CT molecular complexity index is 730. The van der Waals surface area contributed by atoms with Crippen LogP contribution < -0.4 is 0 Å². The van der Waals surface area contributed by atoms with Crippen molar-refractivity contribution >= 4 is 45.4 Å². The maximum absolute atomic E-state index is 12.4. The van der Waals surface area contributed by atoms with Crippen LogP contribution in [0, 0.1) is 9.49 Å². The number of methoxy groups -OCH3 is 1. The topological polar surface area (TPSA) is 68.4 Å². The summed E-state index contributed by atoms with van der Waals surface area (Å²) in [6.45, 7) is 5.31. The highest BCUT2D eigenvalue weighted by molar-refractivity contribution is 14.1. The predicted octanol–water partition coefficient (Wildman–Crippen LogP) is 3.45. The molecule has 0 amide bonds. The van der Waals surface area contributed by atoms with Gasteiger partial charge < -0.3 is 14.5 Å². The summed E-state index contributed by atoms with van der Waals surface area (Å²) in [7, 11) is 1.28. The van der Waals surface area contributed by atoms with Crippen molar-refractivity contribution in [3.05, 3.63) is 33.5 Å². The second-order valence-electron chi connectivity index (χ2n) is 6.29. The molecule has 124 valence electrons. The van der Waals surface area contributed by atoms with Crippen LogP contribution >= 0.6 is 22.6 Å². The number of H-pyrrole nitrogens is 1. The molecule has 0 aliphatic rings. The number of halogens is 1. The number of benzene rings is 1. The van der Waals surface area contributed by atoms with Gasteiger partial charge in [0.15, 0.2) is 5.92 Å². The number of esters is 2. The zero-order valence-electron chi connectivity index (χ0n) is 13.6. The minimum atomic E-state index is -0.976. The summed E-state index contributed by atoms with van der Waals surface area (Å²) in [5.41, 5.74) is 1.23. The van der Waals surface area contributed by atoms with Gasteiger partial charge in [0.05, 0.1) is 12.6 Å². The van der Waals surface area contributed by atoms with E-state index in [2.05, 4.69) is 27.6 Å². The van der Waals surface area contributed by atoms with E-state index < -0.39 is 23.5 Å². The fourth-order valence-corrected chi connectivity index (χ4v) is 3.00. The van der Waals surface area contributed by atoms with Crippen LogP contribution in [0.1, 0.15) is 26.3 Å². The lowest BCUT2D eigenvalue weighted by atomic mass is 9.98. The van der Waals surface area contributed by atoms with E-state index in [0.717, 1.165) is 20.0 Å². The number of carbonyl (C=O) groups excluding carboxylic acids is 2. The molecule has 0 spiro atoms. The van der Waals surface area contributed by atoms with Crippen LogP contribution in [0.25, 0.3) is 10.9 Å². The van der Waals surface area contributed by atoms with Gasteiger partial charge in [0, 0.05) is 15.2 Å². The van der Waals surface area contributed by atoms with E-state index in [9.17, 15) is 9.59 Å². The standard InChI is InChI=1S/C17H20INO4/c1-17(2,3)23-16(21)12(15(20)22-4)8-10-9-19-14-11(10)6-5-7-13(14)18/h5-7,9,12,19H,8H2,1-4H3/t12-/m1/s1. The van der Waals surface area contributed by atoms with Gasteiger partial charge >= 0.3 is 11.9 Å². The number of aromatic nitrogens is 1. The van der Waals surface area contributed by atoms with Crippen LogP contribution in [-0.2, 0) is 25.5 Å². The third kappa shape index (κ3) is 4.25. The number of para-hydroxylation sites is 1. The molecule has 5 nitrogen and oxygen atoms in total. The summed E-state index contributed by atoms with van der Waals surface area (Å²) in [5.74, 6) is -2.13. The molecule has 0 aliphatic heterocycles. The predicted molar refractivity (Wildman–Crippen MR) is 96.1 cm³/mol. The van der Waals surface area contributed by atoms with Gasteiger partial charge in [-0.2, -0.15) is 0 Å². The molecule has 1 atom stereocenters. The molecule has 1 N–H and O–H groups in total. The van der Waals surface area contributed by atoms with Gasteiger partial charge in [0.1, 0.15) is 5.60 Å². The normalized spacial score (nSPS) is 12.9. The van der Waals surface area contributed by atoms with Crippen molar-refractivity contribution in [2.24, 2.45) is 5.92 Å². The monoisotopic (exact) mass is 429 g/mol. The molecule has 1 heterocycles. The number of aromatic amines is 1. The largest absolute Gasteiger partial charge is 0.468 e. The Morgan fingerprint density at radius 1 is 1.26 bits per heavy atom. The van der Waals surface area contributed by atoms with Crippen molar-refractivity contribution in [1.82, 2.24) is 4.98 Å². The van der Waals surface area contributed by atoms with E-state index in [-0.39, 0.29) is 6.42 Å². The van der Waals surface area contributed by atoms with Crippen LogP contribution in [0.2, 0.25) is 0 Å². The number of fused-ring (bicyclic) bond motifs is 1. The highest BCUT2D eigenvalue weighted by atomic mass is 127. The Hall–Kier alpha value is -1.57. The first-order valence-corrected chi connectivity index (χ1v) is 8.36. The summed E-state index contributed by atoms with van der Waals surface area (Å²) in [6, 6.07) is 5.91. The average molecular weight is 429 g/mol. The van der Waals surface area contributed by atoms with Gasteiger partial charge in [0.25, 0.3) is 0 Å². The molecular formula is C17H20INO4. The van der Waals surface area contributed by atoms with Crippen molar-refractivity contribution in [2.75, 3.05) is 7.11 Å². The lowest BCUT2D eigenvalue weighted by molar-refractivity contribution is -0.168. The maximum atomic E-state index is 12.4. The van der Waals surface area contributed by atoms with E-state index in [1.807, 2.05) is 24.4 Å². The van der Waals surface area contributed by atoms with Crippen molar-refractivity contribution < 1.29 is 19.1 Å². The zero-order valence-corrected chi connectivity index (χ0v) is 15.8. The first-order valence-electron chi connectivity index (χ1n) is 7.28. The van der Waals surface area contributed by atoms with Gasteiger partial charge in [-0.1, -0.05) is 12.1 Å². The van der Waals surface area contributed by atoms with E-state index in [4.69, 9.17) is 9.47 Å². The van der Waals surface area contributed by atoms with Crippen LogP contribution in [0.5, 0.6) is 0 Å². The number of rotatable bonds is 4. The lowest BCUT2D eigenvalue weighted by Crippen LogP contribution is -2.34. The van der Waals surface area contributed by atoms with E-state index in [1.165, 1.54) is 7.11 Å². The molecule has 2 rings (SSSR count). The number of nitrogens with one attached hydrogen (secondary N) is 1. The molecule has 6 heteroatoms.